The van der Waals surface area contributed by atoms with Crippen LogP contribution in [0.15, 0.2) is 18.5 Å². The fourth-order valence-corrected chi connectivity index (χ4v) is 2.56. The van der Waals surface area contributed by atoms with E-state index in [0.717, 1.165) is 0 Å². The largest absolute Gasteiger partial charge is 0.394 e. The van der Waals surface area contributed by atoms with Gasteiger partial charge in [0.25, 0.3) is 0 Å². The summed E-state index contributed by atoms with van der Waals surface area (Å²) in [6.45, 7) is -0.526. The predicted octanol–water partition coefficient (Wildman–Crippen LogP) is -1.86. The van der Waals surface area contributed by atoms with E-state index in [4.69, 9.17) is 10.5 Å². The SMILES string of the molecule is N#C[C@@]1(c2ccc3c(N)ncnn23)O[C@H](CO)C(O)[C@H]1O. The summed E-state index contributed by atoms with van der Waals surface area (Å²) in [5.74, 6) is 0.205. The van der Waals surface area contributed by atoms with Crippen molar-refractivity contribution in [3.8, 4) is 6.07 Å². The van der Waals surface area contributed by atoms with Crippen molar-refractivity contribution in [1.82, 2.24) is 14.6 Å². The van der Waals surface area contributed by atoms with Gasteiger partial charge in [0, 0.05) is 0 Å². The quantitative estimate of drug-likeness (QED) is 0.503. The molecular weight excluding hydrogens is 278 g/mol. The molecule has 1 saturated heterocycles. The smallest absolute Gasteiger partial charge is 0.225 e. The van der Waals surface area contributed by atoms with Gasteiger partial charge in [0.1, 0.15) is 36.2 Å². The average molecular weight is 291 g/mol. The van der Waals surface area contributed by atoms with E-state index < -0.39 is 30.5 Å². The van der Waals surface area contributed by atoms with Crippen LogP contribution >= 0.6 is 0 Å². The van der Waals surface area contributed by atoms with Crippen LogP contribution in [0.3, 0.4) is 0 Å². The molecule has 1 unspecified atom stereocenters. The molecule has 0 spiro atoms. The highest BCUT2D eigenvalue weighted by Gasteiger charge is 2.57. The van der Waals surface area contributed by atoms with Crippen LogP contribution in [0.5, 0.6) is 0 Å². The van der Waals surface area contributed by atoms with Crippen LogP contribution in [0.4, 0.5) is 5.82 Å². The van der Waals surface area contributed by atoms with E-state index in [1.54, 1.807) is 6.07 Å². The number of nitrogens with two attached hydrogens (primary N) is 1. The van der Waals surface area contributed by atoms with Crippen LogP contribution in [0, 0.1) is 11.3 Å². The Labute approximate surface area is 118 Å². The molecule has 3 heterocycles. The van der Waals surface area contributed by atoms with Crippen LogP contribution in [-0.4, -0.2) is 54.8 Å². The number of nitrogens with zero attached hydrogens (tertiary/aromatic N) is 4. The molecule has 2 aromatic rings. The Morgan fingerprint density at radius 2 is 2.24 bits per heavy atom. The van der Waals surface area contributed by atoms with Crippen LogP contribution in [0.2, 0.25) is 0 Å². The van der Waals surface area contributed by atoms with Gasteiger partial charge in [-0.1, -0.05) is 0 Å². The monoisotopic (exact) mass is 291 g/mol. The summed E-state index contributed by atoms with van der Waals surface area (Å²) >= 11 is 0. The molecule has 0 saturated carbocycles. The second-order valence-corrected chi connectivity index (χ2v) is 4.78. The number of aliphatic hydroxyl groups is 3. The molecule has 4 atom stereocenters. The van der Waals surface area contributed by atoms with Gasteiger partial charge in [-0.3, -0.25) is 0 Å². The molecule has 2 aromatic heterocycles. The van der Waals surface area contributed by atoms with Crippen molar-refractivity contribution in [2.75, 3.05) is 12.3 Å². The van der Waals surface area contributed by atoms with Crippen molar-refractivity contribution in [2.45, 2.75) is 23.9 Å². The highest BCUT2D eigenvalue weighted by atomic mass is 16.6. The second-order valence-electron chi connectivity index (χ2n) is 4.78. The lowest BCUT2D eigenvalue weighted by Crippen LogP contribution is -2.40. The molecule has 0 bridgehead atoms. The molecule has 1 fully saturated rings. The third kappa shape index (κ3) is 1.71. The minimum Gasteiger partial charge on any atom is -0.394 e. The van der Waals surface area contributed by atoms with E-state index in [9.17, 15) is 20.6 Å². The molecular formula is C12H13N5O4. The molecule has 5 N–H and O–H groups in total. The summed E-state index contributed by atoms with van der Waals surface area (Å²) in [4.78, 5) is 3.83. The zero-order chi connectivity index (χ0) is 15.2. The number of aliphatic hydroxyl groups excluding tert-OH is 3. The van der Waals surface area contributed by atoms with Gasteiger partial charge in [-0.15, -0.1) is 0 Å². The fraction of sp³-hybridized carbons (Fsp3) is 0.417. The molecule has 0 amide bonds. The van der Waals surface area contributed by atoms with Crippen molar-refractivity contribution >= 4 is 11.3 Å². The maximum absolute atomic E-state index is 10.2. The number of rotatable bonds is 2. The van der Waals surface area contributed by atoms with Gasteiger partial charge in [0.05, 0.1) is 12.3 Å². The van der Waals surface area contributed by atoms with Gasteiger partial charge in [-0.05, 0) is 12.1 Å². The Kier molecular flexibility index (Phi) is 3.03. The number of hydrogen-bond donors (Lipinski definition) is 4. The van der Waals surface area contributed by atoms with Gasteiger partial charge in [0.2, 0.25) is 5.60 Å². The van der Waals surface area contributed by atoms with Crippen molar-refractivity contribution in [1.29, 1.82) is 5.26 Å². The van der Waals surface area contributed by atoms with E-state index in [2.05, 4.69) is 10.1 Å². The Hall–Kier alpha value is -2.25. The van der Waals surface area contributed by atoms with Crippen LogP contribution in [-0.2, 0) is 10.3 Å². The number of hydrogen-bond acceptors (Lipinski definition) is 8. The zero-order valence-corrected chi connectivity index (χ0v) is 10.8. The van der Waals surface area contributed by atoms with Crippen LogP contribution in [0.25, 0.3) is 5.52 Å². The van der Waals surface area contributed by atoms with Crippen molar-refractivity contribution in [3.05, 3.63) is 24.2 Å². The average Bonchev–Trinajstić information content (AvgIpc) is 3.03. The minimum absolute atomic E-state index is 0.205. The van der Waals surface area contributed by atoms with Crippen molar-refractivity contribution in [3.63, 3.8) is 0 Å². The van der Waals surface area contributed by atoms with Gasteiger partial charge < -0.3 is 25.8 Å². The summed E-state index contributed by atoms with van der Waals surface area (Å²) in [7, 11) is 0. The molecule has 110 valence electrons. The van der Waals surface area contributed by atoms with Gasteiger partial charge in [-0.2, -0.15) is 10.4 Å². The molecule has 9 heteroatoms. The maximum Gasteiger partial charge on any atom is 0.225 e. The van der Waals surface area contributed by atoms with Crippen molar-refractivity contribution in [2.24, 2.45) is 0 Å². The number of anilines is 1. The third-order valence-corrected chi connectivity index (χ3v) is 3.67. The second kappa shape index (κ2) is 4.64. The summed E-state index contributed by atoms with van der Waals surface area (Å²) in [6.07, 6.45) is -2.78. The van der Waals surface area contributed by atoms with Gasteiger partial charge in [0.15, 0.2) is 5.82 Å². The van der Waals surface area contributed by atoms with E-state index >= 15 is 0 Å². The summed E-state index contributed by atoms with van der Waals surface area (Å²) in [5.41, 5.74) is 4.52. The molecule has 0 radical (unpaired) electrons. The molecule has 1 aliphatic rings. The number of nitriles is 1. The highest BCUT2D eigenvalue weighted by Crippen LogP contribution is 2.40. The van der Waals surface area contributed by atoms with Crippen molar-refractivity contribution < 1.29 is 20.1 Å². The Morgan fingerprint density at radius 1 is 1.48 bits per heavy atom. The zero-order valence-electron chi connectivity index (χ0n) is 10.8. The maximum atomic E-state index is 10.2. The lowest BCUT2D eigenvalue weighted by atomic mass is 9.92. The lowest BCUT2D eigenvalue weighted by Gasteiger charge is -2.24. The normalized spacial score (nSPS) is 32.4. The summed E-state index contributed by atoms with van der Waals surface area (Å²) in [6, 6.07) is 4.97. The van der Waals surface area contributed by atoms with E-state index in [0.29, 0.717) is 5.52 Å². The first-order valence-electron chi connectivity index (χ1n) is 6.20. The van der Waals surface area contributed by atoms with Crippen LogP contribution in [0.1, 0.15) is 5.69 Å². The summed E-state index contributed by atoms with van der Waals surface area (Å²) < 4.78 is 6.75. The molecule has 3 rings (SSSR count). The first-order chi connectivity index (χ1) is 10.0. The molecule has 9 nitrogen and oxygen atoms in total. The highest BCUT2D eigenvalue weighted by molar-refractivity contribution is 5.66. The fourth-order valence-electron chi connectivity index (χ4n) is 2.56. The van der Waals surface area contributed by atoms with E-state index in [-0.39, 0.29) is 11.5 Å². The lowest BCUT2D eigenvalue weighted by molar-refractivity contribution is -0.0643. The van der Waals surface area contributed by atoms with E-state index in [1.165, 1.54) is 16.9 Å². The number of nitrogen functional groups attached to an aromatic ring is 1. The third-order valence-electron chi connectivity index (χ3n) is 3.67. The van der Waals surface area contributed by atoms with Crippen LogP contribution < -0.4 is 5.73 Å². The molecule has 0 aromatic carbocycles. The first-order valence-corrected chi connectivity index (χ1v) is 6.20. The topological polar surface area (TPSA) is 150 Å². The Balaban J connectivity index is 2.20. The summed E-state index contributed by atoms with van der Waals surface area (Å²) in [5, 5.41) is 42.8. The van der Waals surface area contributed by atoms with E-state index in [1.807, 2.05) is 6.07 Å². The van der Waals surface area contributed by atoms with Gasteiger partial charge >= 0.3 is 0 Å². The minimum atomic E-state index is -1.85. The molecule has 0 aliphatic carbocycles. The number of aromatic nitrogens is 3. The first kappa shape index (κ1) is 13.7. The number of ether oxygens (including phenoxy) is 1. The Morgan fingerprint density at radius 3 is 2.86 bits per heavy atom. The van der Waals surface area contributed by atoms with Gasteiger partial charge in [-0.25, -0.2) is 9.50 Å². The molecule has 1 aliphatic heterocycles. The Bertz CT molecular complexity index is 726. The molecule has 21 heavy (non-hydrogen) atoms. The predicted molar refractivity (Wildman–Crippen MR) is 68.7 cm³/mol. The number of fused-ring (bicyclic) bond motifs is 1. The standard InChI is InChI=1S/C12H13N5O4/c13-4-12(10(20)9(19)7(3-18)21-12)8-2-1-6-11(14)15-5-16-17(6)8/h1-2,5,7,9-10,18-20H,3H2,(H2,14,15,16)/t7-,9?,10-,12+/m1/s1.